The number of fused-ring (bicyclic) bond motifs is 2. The van der Waals surface area contributed by atoms with E-state index >= 15 is 0 Å². The minimum atomic E-state index is -1.46. The van der Waals surface area contributed by atoms with Crippen molar-refractivity contribution in [3.63, 3.8) is 0 Å². The molecule has 6 rings (SSSR count). The van der Waals surface area contributed by atoms with Gasteiger partial charge in [-0.05, 0) is 28.1 Å². The van der Waals surface area contributed by atoms with E-state index in [0.717, 1.165) is 46.1 Å². The molecule has 0 amide bonds. The lowest BCUT2D eigenvalue weighted by atomic mass is 9.77. The number of furan rings is 2. The fraction of sp³-hybridized carbons (Fsp3) is 0.200. The summed E-state index contributed by atoms with van der Waals surface area (Å²) in [5, 5.41) is 20.3. The minimum Gasteiger partial charge on any atom is -0.461 e. The maximum absolute atomic E-state index is 10.9. The van der Waals surface area contributed by atoms with Gasteiger partial charge >= 0.3 is 7.12 Å². The number of carbonyl (C=O) groups excluding carboxylic acids is 2. The van der Waals surface area contributed by atoms with Gasteiger partial charge in [0.2, 0.25) is 0 Å². The molecule has 42 heavy (non-hydrogen) atoms. The van der Waals surface area contributed by atoms with Crippen molar-refractivity contribution in [2.24, 2.45) is 14.1 Å². The number of aldehydes is 2. The number of hydrogen-bond donors (Lipinski definition) is 2. The number of imidazole rings is 2. The van der Waals surface area contributed by atoms with E-state index in [1.807, 2.05) is 75.6 Å². The lowest BCUT2D eigenvalue weighted by molar-refractivity contribution is 0.110. The van der Waals surface area contributed by atoms with Crippen LogP contribution < -0.4 is 5.46 Å². The number of nitrogens with zero attached hydrogens (tertiary/aromatic N) is 4. The number of halogens is 1. The lowest BCUT2D eigenvalue weighted by Crippen LogP contribution is -2.31. The third-order valence-corrected chi connectivity index (χ3v) is 6.92. The molecule has 0 spiro atoms. The zero-order chi connectivity index (χ0) is 30.4. The van der Waals surface area contributed by atoms with Crippen LogP contribution in [0.15, 0.2) is 74.4 Å². The van der Waals surface area contributed by atoms with Gasteiger partial charge in [0, 0.05) is 55.6 Å². The van der Waals surface area contributed by atoms with Crippen molar-refractivity contribution >= 4 is 63.0 Å². The molecule has 6 aromatic rings. The Morgan fingerprint density at radius 1 is 0.810 bits per heavy atom. The Morgan fingerprint density at radius 3 is 1.83 bits per heavy atom. The average molecular weight is 633 g/mol. The summed E-state index contributed by atoms with van der Waals surface area (Å²) in [5.41, 5.74) is 3.82. The molecule has 0 unspecified atom stereocenters. The number of hydrogen-bond acceptors (Lipinski definition) is 8. The van der Waals surface area contributed by atoms with Gasteiger partial charge in [-0.1, -0.05) is 50.2 Å². The van der Waals surface area contributed by atoms with Crippen LogP contribution in [0.4, 0.5) is 0 Å². The van der Waals surface area contributed by atoms with Crippen LogP contribution >= 0.6 is 15.9 Å². The van der Waals surface area contributed by atoms with Crippen LogP contribution in [-0.4, -0.2) is 48.8 Å². The zero-order valence-corrected chi connectivity index (χ0v) is 25.2. The van der Waals surface area contributed by atoms with Crippen molar-refractivity contribution in [1.82, 2.24) is 19.1 Å². The Bertz CT molecular complexity index is 1830. The van der Waals surface area contributed by atoms with Crippen LogP contribution in [0.25, 0.3) is 33.2 Å². The first-order valence-corrected chi connectivity index (χ1v) is 14.0. The van der Waals surface area contributed by atoms with E-state index in [-0.39, 0.29) is 0 Å². The third kappa shape index (κ3) is 6.46. The number of benzene rings is 2. The van der Waals surface area contributed by atoms with E-state index in [4.69, 9.17) is 8.83 Å². The summed E-state index contributed by atoms with van der Waals surface area (Å²) >= 11 is 3.13. The Labute approximate surface area is 250 Å². The zero-order valence-electron chi connectivity index (χ0n) is 23.6. The van der Waals surface area contributed by atoms with Gasteiger partial charge in [0.15, 0.2) is 24.2 Å². The normalized spacial score (nSPS) is 10.6. The van der Waals surface area contributed by atoms with E-state index in [1.165, 1.54) is 0 Å². The Kier molecular flexibility index (Phi) is 9.94. The number of carbonyl (C=O) groups is 2. The molecule has 12 heteroatoms. The number of aryl methyl sites for hydroxylation is 4. The highest BCUT2D eigenvalue weighted by molar-refractivity contribution is 9.10. The van der Waals surface area contributed by atoms with Gasteiger partial charge in [0.25, 0.3) is 0 Å². The second-order valence-corrected chi connectivity index (χ2v) is 10.1. The summed E-state index contributed by atoms with van der Waals surface area (Å²) in [7, 11) is 2.11. The molecule has 10 nitrogen and oxygen atoms in total. The summed E-state index contributed by atoms with van der Waals surface area (Å²) in [5.74, 6) is 2.39. The van der Waals surface area contributed by atoms with Gasteiger partial charge in [-0.3, -0.25) is 9.59 Å². The molecule has 0 fully saturated rings. The molecule has 4 heterocycles. The van der Waals surface area contributed by atoms with Gasteiger partial charge in [0.05, 0.1) is 11.3 Å². The summed E-state index contributed by atoms with van der Waals surface area (Å²) < 4.78 is 15.4. The first-order valence-electron chi connectivity index (χ1n) is 13.2. The Morgan fingerprint density at radius 2 is 1.33 bits per heavy atom. The molecule has 2 aromatic carbocycles. The van der Waals surface area contributed by atoms with Gasteiger partial charge < -0.3 is 28.0 Å². The summed E-state index contributed by atoms with van der Waals surface area (Å²) in [4.78, 5) is 29.3. The largest absolute Gasteiger partial charge is 0.492 e. The Balaban J connectivity index is 0.000000155. The highest BCUT2D eigenvalue weighted by atomic mass is 79.9. The van der Waals surface area contributed by atoms with E-state index in [1.54, 1.807) is 22.4 Å². The fourth-order valence-electron chi connectivity index (χ4n) is 4.55. The number of aromatic nitrogens is 4. The van der Waals surface area contributed by atoms with Crippen molar-refractivity contribution in [3.8, 4) is 11.3 Å². The molecular weight excluding hydrogens is 603 g/mol. The standard InChI is InChI=1S/C15H14N2O2.C10H11BO3.C5H5BrN2O/c1-3-12-15(10-6-4-5-7-13(10)19-12)11-8-17(2)14(9-18)16-11;1-2-8-10(11(12)13)7-5-3-4-6-9(7)14-8;1-8-2-4(6)7-5(8)3-9/h4-9H,3H2,1-2H3;3-6,12-13H,2H2,1H3;2-3H,1H3. The summed E-state index contributed by atoms with van der Waals surface area (Å²) in [6.45, 7) is 3.97. The van der Waals surface area contributed by atoms with Crippen LogP contribution in [0.2, 0.25) is 0 Å². The van der Waals surface area contributed by atoms with Crippen molar-refractivity contribution in [2.75, 3.05) is 0 Å². The van der Waals surface area contributed by atoms with Crippen LogP contribution in [0.3, 0.4) is 0 Å². The van der Waals surface area contributed by atoms with Gasteiger partial charge in [-0.25, -0.2) is 9.97 Å². The molecule has 0 saturated carbocycles. The molecule has 0 bridgehead atoms. The molecule has 0 radical (unpaired) electrons. The lowest BCUT2D eigenvalue weighted by Gasteiger charge is -1.97. The molecule has 4 aromatic heterocycles. The Hall–Kier alpha value is -4.26. The third-order valence-electron chi connectivity index (χ3n) is 6.54. The molecule has 0 aliphatic rings. The predicted molar refractivity (Wildman–Crippen MR) is 165 cm³/mol. The molecule has 0 atom stereocenters. The molecule has 2 N–H and O–H groups in total. The highest BCUT2D eigenvalue weighted by Crippen LogP contribution is 2.34. The molecule has 0 saturated heterocycles. The number of rotatable bonds is 6. The first kappa shape index (κ1) is 30.7. The van der Waals surface area contributed by atoms with Crippen LogP contribution in [0, 0.1) is 0 Å². The maximum atomic E-state index is 10.9. The topological polar surface area (TPSA) is 137 Å². The van der Waals surface area contributed by atoms with Crippen LogP contribution in [0.1, 0.15) is 46.6 Å². The average Bonchev–Trinajstić information content (AvgIpc) is 3.74. The maximum Gasteiger partial charge on any atom is 0.492 e. The molecule has 216 valence electrons. The van der Waals surface area contributed by atoms with E-state index in [9.17, 15) is 19.6 Å². The van der Waals surface area contributed by atoms with E-state index in [0.29, 0.717) is 45.8 Å². The second kappa shape index (κ2) is 13.6. The summed E-state index contributed by atoms with van der Waals surface area (Å²) in [6, 6.07) is 15.2. The number of para-hydroxylation sites is 2. The predicted octanol–water partition coefficient (Wildman–Crippen LogP) is 4.88. The second-order valence-electron chi connectivity index (χ2n) is 9.28. The van der Waals surface area contributed by atoms with Crippen molar-refractivity contribution in [3.05, 3.63) is 88.7 Å². The van der Waals surface area contributed by atoms with Crippen LogP contribution in [-0.2, 0) is 26.9 Å². The quantitative estimate of drug-likeness (QED) is 0.196. The smallest absolute Gasteiger partial charge is 0.461 e. The SMILES string of the molecule is CCc1oc2ccccc2c1-c1cn(C)c(C=O)n1.CCc1oc2ccccc2c1B(O)O.Cn1cc(Br)nc1C=O. The fourth-order valence-corrected chi connectivity index (χ4v) is 5.04. The first-order chi connectivity index (χ1) is 20.2. The van der Waals surface area contributed by atoms with Crippen LogP contribution in [0.5, 0.6) is 0 Å². The highest BCUT2D eigenvalue weighted by Gasteiger charge is 2.22. The molecular formula is C30H30BBrN4O6. The van der Waals surface area contributed by atoms with Crippen molar-refractivity contribution in [2.45, 2.75) is 26.7 Å². The monoisotopic (exact) mass is 632 g/mol. The van der Waals surface area contributed by atoms with Gasteiger partial charge in [0.1, 0.15) is 27.3 Å². The minimum absolute atomic E-state index is 0.419. The summed E-state index contributed by atoms with van der Waals surface area (Å²) in [6.07, 6.45) is 6.50. The van der Waals surface area contributed by atoms with Gasteiger partial charge in [-0.15, -0.1) is 0 Å². The van der Waals surface area contributed by atoms with Crippen molar-refractivity contribution < 1.29 is 28.5 Å². The van der Waals surface area contributed by atoms with E-state index < -0.39 is 7.12 Å². The van der Waals surface area contributed by atoms with Gasteiger partial charge in [-0.2, -0.15) is 0 Å². The molecule has 0 aliphatic heterocycles. The molecule has 0 aliphatic carbocycles. The van der Waals surface area contributed by atoms with E-state index in [2.05, 4.69) is 25.9 Å². The van der Waals surface area contributed by atoms with Crippen molar-refractivity contribution in [1.29, 1.82) is 0 Å².